The second kappa shape index (κ2) is 7.89. The van der Waals surface area contributed by atoms with Gasteiger partial charge in [-0.3, -0.25) is 0 Å². The Bertz CT molecular complexity index is 333. The minimum absolute atomic E-state index is 0.183. The van der Waals surface area contributed by atoms with Crippen molar-refractivity contribution in [1.29, 1.82) is 0 Å². The molecule has 100 valence electrons. The lowest BCUT2D eigenvalue weighted by atomic mass is 10.1. The first-order chi connectivity index (χ1) is 8.90. The molecular formula is C14H19BrO3. The van der Waals surface area contributed by atoms with Gasteiger partial charge in [-0.25, -0.2) is 0 Å². The number of rotatable bonds is 6. The van der Waals surface area contributed by atoms with Crippen LogP contribution < -0.4 is 0 Å². The van der Waals surface area contributed by atoms with E-state index in [-0.39, 0.29) is 6.29 Å². The molecule has 1 aromatic carbocycles. The third-order valence-electron chi connectivity index (χ3n) is 2.84. The van der Waals surface area contributed by atoms with Gasteiger partial charge in [-0.05, 0) is 18.4 Å². The molecule has 4 heteroatoms. The molecule has 1 aliphatic heterocycles. The normalized spacial score (nSPS) is 16.9. The van der Waals surface area contributed by atoms with Gasteiger partial charge in [0.15, 0.2) is 6.29 Å². The Labute approximate surface area is 117 Å². The van der Waals surface area contributed by atoms with Crippen molar-refractivity contribution in [1.82, 2.24) is 0 Å². The number of halogens is 1. The molecular weight excluding hydrogens is 296 g/mol. The molecule has 1 aliphatic rings. The molecule has 1 saturated heterocycles. The zero-order valence-electron chi connectivity index (χ0n) is 10.4. The van der Waals surface area contributed by atoms with Crippen LogP contribution in [0.4, 0.5) is 0 Å². The smallest absolute Gasteiger partial charge is 0.183 e. The van der Waals surface area contributed by atoms with E-state index in [1.54, 1.807) is 0 Å². The molecule has 0 saturated carbocycles. The summed E-state index contributed by atoms with van der Waals surface area (Å²) < 4.78 is 16.6. The number of benzene rings is 1. The minimum Gasteiger partial charge on any atom is -0.380 e. The molecule has 0 amide bonds. The molecule has 0 aliphatic carbocycles. The van der Waals surface area contributed by atoms with Crippen LogP contribution in [0, 0.1) is 0 Å². The van der Waals surface area contributed by atoms with E-state index < -0.39 is 0 Å². The zero-order valence-corrected chi connectivity index (χ0v) is 12.0. The van der Waals surface area contributed by atoms with Gasteiger partial charge >= 0.3 is 0 Å². The average molecular weight is 315 g/mol. The van der Waals surface area contributed by atoms with Crippen LogP contribution in [0.1, 0.15) is 23.8 Å². The molecule has 1 fully saturated rings. The molecule has 3 nitrogen and oxygen atoms in total. The van der Waals surface area contributed by atoms with Gasteiger partial charge in [0, 0.05) is 10.9 Å². The van der Waals surface area contributed by atoms with E-state index in [1.165, 1.54) is 5.56 Å². The Hall–Kier alpha value is -0.420. The van der Waals surface area contributed by atoms with Crippen LogP contribution in [0.3, 0.4) is 0 Å². The summed E-state index contributed by atoms with van der Waals surface area (Å²) in [4.78, 5) is 0. The average Bonchev–Trinajstić information content (AvgIpc) is 2.45. The van der Waals surface area contributed by atoms with Crippen molar-refractivity contribution in [2.45, 2.75) is 19.1 Å². The highest BCUT2D eigenvalue weighted by atomic mass is 79.9. The lowest BCUT2D eigenvalue weighted by molar-refractivity contribution is -0.183. The number of hydrogen-bond donors (Lipinski definition) is 0. The topological polar surface area (TPSA) is 27.7 Å². The van der Waals surface area contributed by atoms with E-state index in [0.717, 1.165) is 50.2 Å². The van der Waals surface area contributed by atoms with E-state index in [4.69, 9.17) is 14.2 Å². The van der Waals surface area contributed by atoms with Crippen molar-refractivity contribution >= 4 is 15.9 Å². The van der Waals surface area contributed by atoms with Crippen LogP contribution in [0.2, 0.25) is 0 Å². The van der Waals surface area contributed by atoms with Crippen molar-refractivity contribution in [3.05, 3.63) is 35.4 Å². The van der Waals surface area contributed by atoms with Crippen LogP contribution in [0.15, 0.2) is 24.3 Å². The monoisotopic (exact) mass is 314 g/mol. The summed E-state index contributed by atoms with van der Waals surface area (Å²) in [6.07, 6.45) is 1.75. The first-order valence-corrected chi connectivity index (χ1v) is 7.48. The highest BCUT2D eigenvalue weighted by Crippen LogP contribution is 2.22. The van der Waals surface area contributed by atoms with Gasteiger partial charge in [-0.2, -0.15) is 0 Å². The Kier molecular flexibility index (Phi) is 6.14. The molecule has 0 bridgehead atoms. The molecule has 0 unspecified atom stereocenters. The molecule has 0 radical (unpaired) electrons. The number of ether oxygens (including phenoxy) is 3. The summed E-state index contributed by atoms with van der Waals surface area (Å²) in [5.74, 6) is 0. The Morgan fingerprint density at radius 3 is 2.50 bits per heavy atom. The van der Waals surface area contributed by atoms with E-state index in [1.807, 2.05) is 0 Å². The summed E-state index contributed by atoms with van der Waals surface area (Å²) >= 11 is 3.34. The van der Waals surface area contributed by atoms with Gasteiger partial charge in [0.25, 0.3) is 0 Å². The Balaban J connectivity index is 1.81. The molecule has 18 heavy (non-hydrogen) atoms. The predicted octanol–water partition coefficient (Wildman–Crippen LogP) is 3.08. The van der Waals surface area contributed by atoms with Gasteiger partial charge < -0.3 is 14.2 Å². The maximum Gasteiger partial charge on any atom is 0.183 e. The summed E-state index contributed by atoms with van der Waals surface area (Å²) in [7, 11) is 0. The molecule has 0 spiro atoms. The summed E-state index contributed by atoms with van der Waals surface area (Å²) in [6.45, 7) is 3.10. The number of alkyl halides is 1. The fraction of sp³-hybridized carbons (Fsp3) is 0.571. The zero-order chi connectivity index (χ0) is 12.6. The molecule has 1 heterocycles. The highest BCUT2D eigenvalue weighted by molar-refractivity contribution is 9.09. The van der Waals surface area contributed by atoms with Crippen molar-refractivity contribution in [3.63, 3.8) is 0 Å². The Morgan fingerprint density at radius 2 is 1.83 bits per heavy atom. The molecule has 2 rings (SSSR count). The lowest BCUT2D eigenvalue weighted by Gasteiger charge is -2.23. The lowest BCUT2D eigenvalue weighted by Crippen LogP contribution is -2.17. The molecule has 1 aromatic rings. The highest BCUT2D eigenvalue weighted by Gasteiger charge is 2.15. The fourth-order valence-corrected chi connectivity index (χ4v) is 2.10. The Morgan fingerprint density at radius 1 is 1.11 bits per heavy atom. The quantitative estimate of drug-likeness (QED) is 0.596. The second-order valence-corrected chi connectivity index (χ2v) is 5.01. The molecule has 0 N–H and O–H groups in total. The minimum atomic E-state index is -0.183. The maximum absolute atomic E-state index is 5.56. The standard InChI is InChI=1S/C14H19BrO3/c15-7-11-16-10-6-12-2-4-13(5-3-12)14-17-8-1-9-18-14/h2-5,14H,1,6-11H2. The summed E-state index contributed by atoms with van der Waals surface area (Å²) in [5.41, 5.74) is 2.38. The first-order valence-electron chi connectivity index (χ1n) is 6.36. The fourth-order valence-electron chi connectivity index (χ4n) is 1.87. The largest absolute Gasteiger partial charge is 0.380 e. The maximum atomic E-state index is 5.56. The summed E-state index contributed by atoms with van der Waals surface area (Å²) in [6, 6.07) is 8.40. The van der Waals surface area contributed by atoms with Crippen molar-refractivity contribution < 1.29 is 14.2 Å². The molecule has 0 aromatic heterocycles. The number of hydrogen-bond acceptors (Lipinski definition) is 3. The van der Waals surface area contributed by atoms with Gasteiger partial charge in [0.2, 0.25) is 0 Å². The van der Waals surface area contributed by atoms with Crippen molar-refractivity contribution in [2.24, 2.45) is 0 Å². The second-order valence-electron chi connectivity index (χ2n) is 4.22. The predicted molar refractivity (Wildman–Crippen MR) is 74.0 cm³/mol. The van der Waals surface area contributed by atoms with Gasteiger partial charge in [0.05, 0.1) is 26.4 Å². The van der Waals surface area contributed by atoms with E-state index in [9.17, 15) is 0 Å². The first kappa shape index (κ1) is 14.0. The van der Waals surface area contributed by atoms with E-state index in [0.29, 0.717) is 0 Å². The van der Waals surface area contributed by atoms with Crippen LogP contribution in [-0.4, -0.2) is 31.8 Å². The van der Waals surface area contributed by atoms with E-state index in [2.05, 4.69) is 40.2 Å². The third-order valence-corrected chi connectivity index (χ3v) is 3.16. The van der Waals surface area contributed by atoms with Crippen LogP contribution >= 0.6 is 15.9 Å². The SMILES string of the molecule is BrCCOCCc1ccc(C2OCCCO2)cc1. The molecule has 0 atom stereocenters. The van der Waals surface area contributed by atoms with Crippen LogP contribution in [0.5, 0.6) is 0 Å². The van der Waals surface area contributed by atoms with Crippen LogP contribution in [0.25, 0.3) is 0 Å². The van der Waals surface area contributed by atoms with Gasteiger partial charge in [-0.15, -0.1) is 0 Å². The van der Waals surface area contributed by atoms with Crippen molar-refractivity contribution in [3.8, 4) is 0 Å². The van der Waals surface area contributed by atoms with Gasteiger partial charge in [-0.1, -0.05) is 40.2 Å². The third kappa shape index (κ3) is 4.35. The van der Waals surface area contributed by atoms with Crippen molar-refractivity contribution in [2.75, 3.05) is 31.8 Å². The van der Waals surface area contributed by atoms with Crippen LogP contribution in [-0.2, 0) is 20.6 Å². The van der Waals surface area contributed by atoms with E-state index >= 15 is 0 Å². The summed E-state index contributed by atoms with van der Waals surface area (Å²) in [5, 5.41) is 0.891. The van der Waals surface area contributed by atoms with Gasteiger partial charge in [0.1, 0.15) is 0 Å².